The summed E-state index contributed by atoms with van der Waals surface area (Å²) in [5, 5.41) is 20.7. The SMILES string of the molecule is CCNC(=NCc1ccc(N2CCC(O)CC2)c(F)c1)NCc1c(C)nn(C)c1C.I. The van der Waals surface area contributed by atoms with Crippen LogP contribution in [-0.4, -0.2) is 46.6 Å². The van der Waals surface area contributed by atoms with Gasteiger partial charge >= 0.3 is 0 Å². The molecule has 1 aliphatic heterocycles. The zero-order chi connectivity index (χ0) is 21.7. The van der Waals surface area contributed by atoms with Gasteiger partial charge in [0.2, 0.25) is 0 Å². The molecule has 0 unspecified atom stereocenters. The number of aromatic nitrogens is 2. The van der Waals surface area contributed by atoms with E-state index in [9.17, 15) is 9.50 Å². The number of halogens is 2. The third-order valence-electron chi connectivity index (χ3n) is 5.67. The Morgan fingerprint density at radius 1 is 1.26 bits per heavy atom. The molecule has 1 aromatic heterocycles. The van der Waals surface area contributed by atoms with E-state index in [2.05, 4.69) is 27.6 Å². The van der Waals surface area contributed by atoms with E-state index < -0.39 is 0 Å². The number of hydrogen-bond donors (Lipinski definition) is 3. The standard InChI is InChI=1S/C22H33FN6O.HI/c1-5-24-22(26-14-19-15(2)27-28(4)16(19)3)25-13-17-6-7-21(20(23)12-17)29-10-8-18(30)9-11-29;/h6-7,12,18,30H,5,8-11,13-14H2,1-4H3,(H2,24,25,26);1H. The molecule has 0 atom stereocenters. The number of anilines is 1. The van der Waals surface area contributed by atoms with Gasteiger partial charge in [0.1, 0.15) is 5.82 Å². The van der Waals surface area contributed by atoms with Gasteiger partial charge in [-0.15, -0.1) is 24.0 Å². The van der Waals surface area contributed by atoms with Crippen LogP contribution in [0.4, 0.5) is 10.1 Å². The molecule has 3 N–H and O–H groups in total. The van der Waals surface area contributed by atoms with Gasteiger partial charge in [-0.05, 0) is 51.3 Å². The zero-order valence-corrected chi connectivity index (χ0v) is 21.1. The molecule has 172 valence electrons. The number of aryl methyl sites for hydroxylation is 2. The van der Waals surface area contributed by atoms with Crippen LogP contribution in [0.3, 0.4) is 0 Å². The van der Waals surface area contributed by atoms with E-state index in [1.165, 1.54) is 0 Å². The van der Waals surface area contributed by atoms with Gasteiger partial charge in [0.05, 0.1) is 24.0 Å². The maximum Gasteiger partial charge on any atom is 0.191 e. The topological polar surface area (TPSA) is 77.7 Å². The quantitative estimate of drug-likeness (QED) is 0.296. The molecule has 9 heteroatoms. The first-order valence-corrected chi connectivity index (χ1v) is 10.6. The lowest BCUT2D eigenvalue weighted by atomic mass is 10.1. The smallest absolute Gasteiger partial charge is 0.191 e. The van der Waals surface area contributed by atoms with Gasteiger partial charge in [0.15, 0.2) is 5.96 Å². The summed E-state index contributed by atoms with van der Waals surface area (Å²) in [5.74, 6) is 0.452. The minimum absolute atomic E-state index is 0. The summed E-state index contributed by atoms with van der Waals surface area (Å²) in [4.78, 5) is 6.61. The number of aliphatic hydroxyl groups is 1. The summed E-state index contributed by atoms with van der Waals surface area (Å²) < 4.78 is 16.6. The average molecular weight is 544 g/mol. The van der Waals surface area contributed by atoms with E-state index in [1.54, 1.807) is 6.07 Å². The Labute approximate surface area is 201 Å². The first kappa shape index (κ1) is 25.4. The number of nitrogens with zero attached hydrogens (tertiary/aromatic N) is 4. The molecule has 3 rings (SSSR count). The van der Waals surface area contributed by atoms with Crippen LogP contribution in [-0.2, 0) is 20.1 Å². The van der Waals surface area contributed by atoms with Crippen LogP contribution in [0, 0.1) is 19.7 Å². The first-order valence-electron chi connectivity index (χ1n) is 10.6. The largest absolute Gasteiger partial charge is 0.393 e. The summed E-state index contributed by atoms with van der Waals surface area (Å²) in [6.07, 6.45) is 1.09. The summed E-state index contributed by atoms with van der Waals surface area (Å²) >= 11 is 0. The molecule has 0 spiro atoms. The minimum Gasteiger partial charge on any atom is -0.393 e. The van der Waals surface area contributed by atoms with Gasteiger partial charge in [-0.25, -0.2) is 9.38 Å². The highest BCUT2D eigenvalue weighted by molar-refractivity contribution is 14.0. The summed E-state index contributed by atoms with van der Waals surface area (Å²) in [7, 11) is 1.94. The fraction of sp³-hybridized carbons (Fsp3) is 0.545. The molecule has 1 saturated heterocycles. The first-order chi connectivity index (χ1) is 14.4. The predicted octanol–water partition coefficient (Wildman–Crippen LogP) is 3.01. The summed E-state index contributed by atoms with van der Waals surface area (Å²) in [6.45, 7) is 9.18. The molecule has 2 aromatic rings. The second-order valence-corrected chi connectivity index (χ2v) is 7.83. The summed E-state index contributed by atoms with van der Waals surface area (Å²) in [5.41, 5.74) is 4.70. The molecule has 0 radical (unpaired) electrons. The Morgan fingerprint density at radius 3 is 2.55 bits per heavy atom. The van der Waals surface area contributed by atoms with Gasteiger partial charge in [-0.3, -0.25) is 4.68 Å². The Balaban J connectivity index is 0.00000341. The molecule has 2 heterocycles. The number of benzene rings is 1. The van der Waals surface area contributed by atoms with Gasteiger partial charge in [0, 0.05) is 44.5 Å². The van der Waals surface area contributed by atoms with E-state index in [0.717, 1.165) is 29.1 Å². The van der Waals surface area contributed by atoms with Crippen molar-refractivity contribution in [1.82, 2.24) is 20.4 Å². The fourth-order valence-corrected chi connectivity index (χ4v) is 3.77. The second-order valence-electron chi connectivity index (χ2n) is 7.83. The van der Waals surface area contributed by atoms with Crippen LogP contribution in [0.15, 0.2) is 23.2 Å². The highest BCUT2D eigenvalue weighted by Gasteiger charge is 2.19. The van der Waals surface area contributed by atoms with Crippen LogP contribution >= 0.6 is 24.0 Å². The Hall–Kier alpha value is -1.88. The van der Waals surface area contributed by atoms with Crippen LogP contribution in [0.5, 0.6) is 0 Å². The number of aliphatic imine (C=N–C) groups is 1. The van der Waals surface area contributed by atoms with Crippen molar-refractivity contribution >= 4 is 35.6 Å². The van der Waals surface area contributed by atoms with Crippen LogP contribution in [0.25, 0.3) is 0 Å². The number of guanidine groups is 1. The van der Waals surface area contributed by atoms with Gasteiger partial charge in [-0.1, -0.05) is 6.07 Å². The normalized spacial score (nSPS) is 15.0. The van der Waals surface area contributed by atoms with E-state index in [0.29, 0.717) is 50.7 Å². The monoisotopic (exact) mass is 544 g/mol. The van der Waals surface area contributed by atoms with Crippen molar-refractivity contribution in [2.45, 2.75) is 52.8 Å². The van der Waals surface area contributed by atoms with Gasteiger partial charge < -0.3 is 20.6 Å². The van der Waals surface area contributed by atoms with E-state index in [-0.39, 0.29) is 35.9 Å². The average Bonchev–Trinajstić information content (AvgIpc) is 2.96. The van der Waals surface area contributed by atoms with Crippen molar-refractivity contribution in [3.05, 3.63) is 46.5 Å². The maximum absolute atomic E-state index is 14.7. The summed E-state index contributed by atoms with van der Waals surface area (Å²) in [6, 6.07) is 5.30. The highest BCUT2D eigenvalue weighted by atomic mass is 127. The van der Waals surface area contributed by atoms with Crippen molar-refractivity contribution in [3.8, 4) is 0 Å². The van der Waals surface area contributed by atoms with Gasteiger partial charge in [-0.2, -0.15) is 5.10 Å². The van der Waals surface area contributed by atoms with Crippen molar-refractivity contribution < 1.29 is 9.50 Å². The molecule has 0 amide bonds. The lowest BCUT2D eigenvalue weighted by Crippen LogP contribution is -2.37. The van der Waals surface area contributed by atoms with Gasteiger partial charge in [0.25, 0.3) is 0 Å². The van der Waals surface area contributed by atoms with E-state index in [1.807, 2.05) is 42.6 Å². The fourth-order valence-electron chi connectivity index (χ4n) is 3.77. The third-order valence-corrected chi connectivity index (χ3v) is 5.67. The molecular formula is C22H34FIN6O. The highest BCUT2D eigenvalue weighted by Crippen LogP contribution is 2.24. The second kappa shape index (κ2) is 11.7. The van der Waals surface area contributed by atoms with E-state index >= 15 is 0 Å². The lowest BCUT2D eigenvalue weighted by Gasteiger charge is -2.31. The Kier molecular flexibility index (Phi) is 9.54. The van der Waals surface area contributed by atoms with Crippen LogP contribution in [0.1, 0.15) is 42.3 Å². The van der Waals surface area contributed by atoms with Crippen LogP contribution in [0.2, 0.25) is 0 Å². The van der Waals surface area contributed by atoms with Crippen LogP contribution < -0.4 is 15.5 Å². The Morgan fingerprint density at radius 2 is 1.97 bits per heavy atom. The minimum atomic E-state index is -0.269. The molecule has 0 saturated carbocycles. The molecule has 0 bridgehead atoms. The molecule has 1 fully saturated rings. The molecule has 1 aliphatic rings. The van der Waals surface area contributed by atoms with Crippen molar-refractivity contribution in [1.29, 1.82) is 0 Å². The number of rotatable bonds is 6. The number of aliphatic hydroxyl groups excluding tert-OH is 1. The third kappa shape index (κ3) is 6.55. The zero-order valence-electron chi connectivity index (χ0n) is 18.8. The number of hydrogen-bond acceptors (Lipinski definition) is 4. The predicted molar refractivity (Wildman–Crippen MR) is 134 cm³/mol. The lowest BCUT2D eigenvalue weighted by molar-refractivity contribution is 0.145. The number of nitrogens with one attached hydrogen (secondary N) is 2. The molecule has 31 heavy (non-hydrogen) atoms. The maximum atomic E-state index is 14.7. The van der Waals surface area contributed by atoms with Crippen molar-refractivity contribution in [2.75, 3.05) is 24.5 Å². The molecular weight excluding hydrogens is 510 g/mol. The molecule has 1 aromatic carbocycles. The van der Waals surface area contributed by atoms with E-state index in [4.69, 9.17) is 0 Å². The molecule has 0 aliphatic carbocycles. The number of piperidine rings is 1. The van der Waals surface area contributed by atoms with Crippen molar-refractivity contribution in [3.63, 3.8) is 0 Å². The Bertz CT molecular complexity index is 892. The van der Waals surface area contributed by atoms with Crippen molar-refractivity contribution in [2.24, 2.45) is 12.0 Å². The molecule has 7 nitrogen and oxygen atoms in total.